The number of benzene rings is 1. The summed E-state index contributed by atoms with van der Waals surface area (Å²) in [5, 5.41) is 9.47. The van der Waals surface area contributed by atoms with Gasteiger partial charge in [-0.3, -0.25) is 0 Å². The van der Waals surface area contributed by atoms with Crippen molar-refractivity contribution in [1.29, 1.82) is 0 Å². The first kappa shape index (κ1) is 8.28. The van der Waals surface area contributed by atoms with Crippen molar-refractivity contribution in [2.24, 2.45) is 0 Å². The Morgan fingerprint density at radius 3 is 2.18 bits per heavy atom. The highest BCUT2D eigenvalue weighted by Crippen LogP contribution is 2.10. The van der Waals surface area contributed by atoms with Crippen LogP contribution in [0.3, 0.4) is 0 Å². The lowest BCUT2D eigenvalue weighted by Gasteiger charge is -2.16. The van der Waals surface area contributed by atoms with Gasteiger partial charge in [0.25, 0.3) is 0 Å². The third kappa shape index (κ3) is 3.19. The lowest BCUT2D eigenvalue weighted by atomic mass is 9.99. The fourth-order valence-electron chi connectivity index (χ4n) is 1.10. The fraction of sp³-hybridized carbons (Fsp3) is 0.400. The van der Waals surface area contributed by atoms with Crippen LogP contribution in [0.2, 0.25) is 0 Å². The molecule has 11 heavy (non-hydrogen) atoms. The number of hydrogen-bond acceptors (Lipinski definition) is 1. The van der Waals surface area contributed by atoms with Gasteiger partial charge in [0.05, 0.1) is 5.60 Å². The predicted molar refractivity (Wildman–Crippen MR) is 46.4 cm³/mol. The van der Waals surface area contributed by atoms with Gasteiger partial charge in [-0.05, 0) is 19.4 Å². The Labute approximate surface area is 67.7 Å². The maximum absolute atomic E-state index is 9.47. The van der Waals surface area contributed by atoms with Crippen LogP contribution in [0, 0.1) is 0 Å². The Hall–Kier alpha value is -0.820. The zero-order valence-electron chi connectivity index (χ0n) is 7.04. The summed E-state index contributed by atoms with van der Waals surface area (Å²) >= 11 is 0. The van der Waals surface area contributed by atoms with Crippen LogP contribution in [0.4, 0.5) is 0 Å². The van der Waals surface area contributed by atoms with Crippen LogP contribution in [0.15, 0.2) is 30.3 Å². The lowest BCUT2D eigenvalue weighted by molar-refractivity contribution is 0.0810. The van der Waals surface area contributed by atoms with Crippen molar-refractivity contribution in [2.45, 2.75) is 25.9 Å². The van der Waals surface area contributed by atoms with E-state index >= 15 is 0 Å². The van der Waals surface area contributed by atoms with Gasteiger partial charge in [-0.25, -0.2) is 0 Å². The molecule has 1 rings (SSSR count). The topological polar surface area (TPSA) is 20.2 Å². The molecule has 0 aliphatic rings. The van der Waals surface area contributed by atoms with Crippen molar-refractivity contribution in [3.05, 3.63) is 35.9 Å². The Bertz CT molecular complexity index is 208. The second-order valence-electron chi connectivity index (χ2n) is 3.47. The van der Waals surface area contributed by atoms with Gasteiger partial charge in [-0.1, -0.05) is 30.3 Å². The average molecular weight is 150 g/mol. The van der Waals surface area contributed by atoms with Crippen LogP contribution >= 0.6 is 0 Å². The molecule has 0 radical (unpaired) electrons. The molecule has 0 heterocycles. The maximum atomic E-state index is 9.47. The number of hydrogen-bond donors (Lipinski definition) is 1. The van der Waals surface area contributed by atoms with Crippen molar-refractivity contribution in [1.82, 2.24) is 0 Å². The molecule has 0 aliphatic carbocycles. The first-order chi connectivity index (χ1) is 5.08. The minimum atomic E-state index is -0.596. The van der Waals surface area contributed by atoms with E-state index in [1.54, 1.807) is 0 Å². The van der Waals surface area contributed by atoms with Crippen LogP contribution in [-0.2, 0) is 6.42 Å². The molecular formula is C10H14O. The molecule has 0 amide bonds. The molecule has 0 atom stereocenters. The zero-order chi connectivity index (χ0) is 8.32. The van der Waals surface area contributed by atoms with Crippen molar-refractivity contribution in [3.63, 3.8) is 0 Å². The van der Waals surface area contributed by atoms with Gasteiger partial charge in [0.1, 0.15) is 0 Å². The largest absolute Gasteiger partial charge is 0.390 e. The third-order valence-corrected chi connectivity index (χ3v) is 1.48. The molecule has 0 aromatic heterocycles. The Morgan fingerprint density at radius 2 is 1.73 bits per heavy atom. The van der Waals surface area contributed by atoms with Crippen LogP contribution in [-0.4, -0.2) is 10.7 Å². The van der Waals surface area contributed by atoms with E-state index in [2.05, 4.69) is 0 Å². The van der Waals surface area contributed by atoms with E-state index in [1.165, 1.54) is 5.56 Å². The molecular weight excluding hydrogens is 136 g/mol. The minimum Gasteiger partial charge on any atom is -0.390 e. The lowest BCUT2D eigenvalue weighted by Crippen LogP contribution is -2.21. The van der Waals surface area contributed by atoms with E-state index in [0.29, 0.717) is 6.42 Å². The summed E-state index contributed by atoms with van der Waals surface area (Å²) in [5.74, 6) is 0. The smallest absolute Gasteiger partial charge is 0.0631 e. The second kappa shape index (κ2) is 3.05. The van der Waals surface area contributed by atoms with E-state index in [4.69, 9.17) is 0 Å². The molecule has 60 valence electrons. The van der Waals surface area contributed by atoms with E-state index in [-0.39, 0.29) is 0 Å². The molecule has 0 unspecified atom stereocenters. The van der Waals surface area contributed by atoms with Crippen molar-refractivity contribution in [3.8, 4) is 0 Å². The van der Waals surface area contributed by atoms with Gasteiger partial charge in [-0.15, -0.1) is 0 Å². The van der Waals surface area contributed by atoms with Gasteiger partial charge in [0, 0.05) is 6.42 Å². The van der Waals surface area contributed by atoms with Gasteiger partial charge < -0.3 is 5.11 Å². The summed E-state index contributed by atoms with van der Waals surface area (Å²) in [6.07, 6.45) is 0.716. The van der Waals surface area contributed by atoms with Crippen molar-refractivity contribution >= 4 is 0 Å². The molecule has 1 nitrogen and oxygen atoms in total. The van der Waals surface area contributed by atoms with E-state index < -0.39 is 5.60 Å². The van der Waals surface area contributed by atoms with Crippen LogP contribution < -0.4 is 0 Å². The quantitative estimate of drug-likeness (QED) is 0.683. The third-order valence-electron chi connectivity index (χ3n) is 1.48. The van der Waals surface area contributed by atoms with Crippen LogP contribution in [0.25, 0.3) is 0 Å². The predicted octanol–water partition coefficient (Wildman–Crippen LogP) is 2.00. The average Bonchev–Trinajstić information content (AvgIpc) is 1.85. The summed E-state index contributed by atoms with van der Waals surface area (Å²) < 4.78 is 0. The van der Waals surface area contributed by atoms with Crippen molar-refractivity contribution < 1.29 is 5.11 Å². The van der Waals surface area contributed by atoms with E-state index in [1.807, 2.05) is 44.2 Å². The van der Waals surface area contributed by atoms with Gasteiger partial charge in [-0.2, -0.15) is 0 Å². The summed E-state index contributed by atoms with van der Waals surface area (Å²) in [5.41, 5.74) is 0.585. The molecule has 0 fully saturated rings. The molecule has 0 saturated carbocycles. The standard InChI is InChI=1S/C10H14O/c1-10(2,11)8-9-6-4-3-5-7-9/h3-7,11H,8H2,1-2H3. The Kier molecular flexibility index (Phi) is 2.30. The molecule has 0 bridgehead atoms. The van der Waals surface area contributed by atoms with Gasteiger partial charge in [0.15, 0.2) is 0 Å². The Morgan fingerprint density at radius 1 is 1.18 bits per heavy atom. The highest BCUT2D eigenvalue weighted by Gasteiger charge is 2.12. The van der Waals surface area contributed by atoms with E-state index in [9.17, 15) is 5.11 Å². The minimum absolute atomic E-state index is 0.596. The molecule has 0 spiro atoms. The highest BCUT2D eigenvalue weighted by atomic mass is 16.3. The molecule has 0 aliphatic heterocycles. The molecule has 1 aromatic rings. The molecule has 1 heteroatoms. The van der Waals surface area contributed by atoms with Crippen molar-refractivity contribution in [2.75, 3.05) is 0 Å². The molecule has 0 saturated heterocycles. The number of rotatable bonds is 2. The molecule has 1 aromatic carbocycles. The monoisotopic (exact) mass is 150 g/mol. The highest BCUT2D eigenvalue weighted by molar-refractivity contribution is 5.16. The normalized spacial score (nSPS) is 11.5. The van der Waals surface area contributed by atoms with Gasteiger partial charge in [0.2, 0.25) is 0 Å². The summed E-state index contributed by atoms with van der Waals surface area (Å²) in [7, 11) is 0. The summed E-state index contributed by atoms with van der Waals surface area (Å²) in [4.78, 5) is 0. The fourth-order valence-corrected chi connectivity index (χ4v) is 1.10. The summed E-state index contributed by atoms with van der Waals surface area (Å²) in [6, 6.07) is 10.0. The summed E-state index contributed by atoms with van der Waals surface area (Å²) in [6.45, 7) is 3.64. The second-order valence-corrected chi connectivity index (χ2v) is 3.47. The van der Waals surface area contributed by atoms with Crippen LogP contribution in [0.5, 0.6) is 0 Å². The van der Waals surface area contributed by atoms with Gasteiger partial charge >= 0.3 is 0 Å². The number of aliphatic hydroxyl groups is 1. The van der Waals surface area contributed by atoms with Crippen LogP contribution in [0.1, 0.15) is 19.4 Å². The first-order valence-corrected chi connectivity index (χ1v) is 3.84. The maximum Gasteiger partial charge on any atom is 0.0631 e. The zero-order valence-corrected chi connectivity index (χ0v) is 7.04. The van der Waals surface area contributed by atoms with E-state index in [0.717, 1.165) is 0 Å². The Balaban J connectivity index is 2.66. The SMILES string of the molecule is CC(C)(O)Cc1ccccc1. The molecule has 1 N–H and O–H groups in total. The first-order valence-electron chi connectivity index (χ1n) is 3.84.